The molecule has 20 heavy (non-hydrogen) atoms. The second-order valence-corrected chi connectivity index (χ2v) is 4.83. The maximum atomic E-state index is 11.3. The number of H-pyrrole nitrogens is 1. The molecular formula is C12H12N6OS. The molecule has 8 heteroatoms. The van der Waals surface area contributed by atoms with Crippen molar-refractivity contribution in [3.63, 3.8) is 0 Å². The molecule has 3 N–H and O–H groups in total. The van der Waals surface area contributed by atoms with E-state index in [0.717, 1.165) is 5.69 Å². The van der Waals surface area contributed by atoms with E-state index in [0.29, 0.717) is 45.4 Å². The van der Waals surface area contributed by atoms with Gasteiger partial charge in [0.25, 0.3) is 0 Å². The topological polar surface area (TPSA) is 102 Å². The lowest BCUT2D eigenvalue weighted by atomic mass is 10.3. The van der Waals surface area contributed by atoms with Gasteiger partial charge in [-0.25, -0.2) is 14.2 Å². The predicted molar refractivity (Wildman–Crippen MR) is 75.8 cm³/mol. The Morgan fingerprint density at radius 2 is 2.25 bits per heavy atom. The van der Waals surface area contributed by atoms with E-state index in [1.165, 1.54) is 0 Å². The quantitative estimate of drug-likeness (QED) is 0.680. The summed E-state index contributed by atoms with van der Waals surface area (Å²) >= 11 is 0.361. The van der Waals surface area contributed by atoms with E-state index in [2.05, 4.69) is 19.9 Å². The van der Waals surface area contributed by atoms with Gasteiger partial charge in [-0.05, 0) is 19.1 Å². The fourth-order valence-corrected chi connectivity index (χ4v) is 2.42. The van der Waals surface area contributed by atoms with Gasteiger partial charge in [-0.1, -0.05) is 6.07 Å². The van der Waals surface area contributed by atoms with Crippen LogP contribution >= 0.6 is 0 Å². The molecule has 7 nitrogen and oxygen atoms in total. The number of imidazole rings is 1. The fourth-order valence-electron chi connectivity index (χ4n) is 2.03. The summed E-state index contributed by atoms with van der Waals surface area (Å²) in [7, 11) is 0. The first kappa shape index (κ1) is 12.5. The highest BCUT2D eigenvalue weighted by Crippen LogP contribution is 2.17. The van der Waals surface area contributed by atoms with Gasteiger partial charge in [0.05, 0.1) is 12.2 Å². The Morgan fingerprint density at radius 1 is 1.40 bits per heavy atom. The van der Waals surface area contributed by atoms with E-state index in [1.54, 1.807) is 17.7 Å². The number of fused-ring (bicyclic) bond motifs is 1. The van der Waals surface area contributed by atoms with Crippen LogP contribution in [-0.2, 0) is 17.8 Å². The van der Waals surface area contributed by atoms with Crippen molar-refractivity contribution < 1.29 is 4.21 Å². The number of rotatable bonds is 2. The van der Waals surface area contributed by atoms with Crippen molar-refractivity contribution in [3.8, 4) is 0 Å². The van der Waals surface area contributed by atoms with E-state index in [-0.39, 0.29) is 0 Å². The zero-order valence-corrected chi connectivity index (χ0v) is 11.5. The summed E-state index contributed by atoms with van der Waals surface area (Å²) in [5.41, 5.74) is 7.89. The molecule has 0 unspecified atom stereocenters. The Hall–Kier alpha value is -2.48. The van der Waals surface area contributed by atoms with Gasteiger partial charge in [-0.15, -0.1) is 0 Å². The number of aromatic nitrogens is 5. The van der Waals surface area contributed by atoms with Crippen LogP contribution in [0.4, 0.5) is 5.82 Å². The summed E-state index contributed by atoms with van der Waals surface area (Å²) < 4.78 is 13.5. The maximum Gasteiger partial charge on any atom is 0.209 e. The summed E-state index contributed by atoms with van der Waals surface area (Å²) in [5.74, 6) is 0.897. The number of nitrogens with two attached hydrogens (primary N) is 1. The van der Waals surface area contributed by atoms with Gasteiger partial charge in [0.1, 0.15) is 22.6 Å². The second-order valence-electron chi connectivity index (χ2n) is 4.28. The maximum absolute atomic E-state index is 11.3. The van der Waals surface area contributed by atoms with E-state index in [9.17, 15) is 4.21 Å². The zero-order chi connectivity index (χ0) is 14.1. The number of anilines is 1. The number of aryl methyl sites for hydroxylation is 1. The van der Waals surface area contributed by atoms with Crippen LogP contribution < -0.4 is 5.73 Å². The number of nitrogens with one attached hydrogen (secondary N) is 1. The number of nitrogens with zero attached hydrogens (tertiary/aromatic N) is 4. The predicted octanol–water partition coefficient (Wildman–Crippen LogP) is 0.838. The number of hydrogen-bond acceptors (Lipinski definition) is 5. The highest BCUT2D eigenvalue weighted by Gasteiger charge is 2.12. The van der Waals surface area contributed by atoms with Crippen molar-refractivity contribution >= 4 is 28.2 Å². The second kappa shape index (κ2) is 4.89. The molecule has 0 saturated heterocycles. The molecule has 0 spiro atoms. The van der Waals surface area contributed by atoms with Gasteiger partial charge in [0, 0.05) is 6.20 Å². The molecule has 3 aromatic heterocycles. The van der Waals surface area contributed by atoms with E-state index in [4.69, 9.17) is 5.73 Å². The molecule has 0 radical (unpaired) electrons. The van der Waals surface area contributed by atoms with Crippen LogP contribution in [0.5, 0.6) is 0 Å². The summed E-state index contributed by atoms with van der Waals surface area (Å²) in [5, 5.41) is 0. The minimum atomic E-state index is 0.336. The lowest BCUT2D eigenvalue weighted by molar-refractivity contribution is 0.695. The highest BCUT2D eigenvalue weighted by molar-refractivity contribution is 7.56. The Kier molecular flexibility index (Phi) is 3.07. The molecule has 0 atom stereocenters. The molecule has 0 aliphatic carbocycles. The summed E-state index contributed by atoms with van der Waals surface area (Å²) in [6.45, 7) is 2.21. The Labute approximate surface area is 117 Å². The van der Waals surface area contributed by atoms with Crippen molar-refractivity contribution in [1.29, 1.82) is 0 Å². The van der Waals surface area contributed by atoms with Crippen LogP contribution in [0.2, 0.25) is 0 Å². The van der Waals surface area contributed by atoms with E-state index >= 15 is 0 Å². The molecule has 0 saturated carbocycles. The van der Waals surface area contributed by atoms with Crippen molar-refractivity contribution in [1.82, 2.24) is 24.5 Å². The molecule has 0 aliphatic heterocycles. The monoisotopic (exact) mass is 288 g/mol. The SMILES string of the molecule is Cc1nc(N)c2[nH]c(=S=O)n(Cc3ccccn3)c2n1. The summed E-state index contributed by atoms with van der Waals surface area (Å²) in [6, 6.07) is 5.63. The first-order valence-electron chi connectivity index (χ1n) is 5.94. The van der Waals surface area contributed by atoms with Gasteiger partial charge < -0.3 is 10.7 Å². The van der Waals surface area contributed by atoms with Crippen molar-refractivity contribution in [3.05, 3.63) is 40.7 Å². The highest BCUT2D eigenvalue weighted by atomic mass is 32.1. The minimum Gasteiger partial charge on any atom is -0.382 e. The molecule has 0 fully saturated rings. The van der Waals surface area contributed by atoms with Crippen LogP contribution in [0.1, 0.15) is 11.5 Å². The van der Waals surface area contributed by atoms with Crippen molar-refractivity contribution in [2.24, 2.45) is 0 Å². The molecule has 102 valence electrons. The molecular weight excluding hydrogens is 276 g/mol. The number of pyridine rings is 1. The largest absolute Gasteiger partial charge is 0.382 e. The van der Waals surface area contributed by atoms with Crippen LogP contribution in [0.3, 0.4) is 0 Å². The molecule has 0 aliphatic rings. The molecule has 0 bridgehead atoms. The fraction of sp³-hybridized carbons (Fsp3) is 0.167. The standard InChI is InChI=1S/C12H12N6OS/c1-7-15-10(13)9-11(16-7)18(12(17-9)20-19)6-8-4-2-3-5-14-8/h2-5,17H,6H2,1H3,(H2,13,15,16). The first-order valence-corrected chi connectivity index (χ1v) is 6.68. The van der Waals surface area contributed by atoms with Gasteiger partial charge in [0.15, 0.2) is 11.5 Å². The van der Waals surface area contributed by atoms with Gasteiger partial charge in [-0.2, -0.15) is 0 Å². The van der Waals surface area contributed by atoms with Gasteiger partial charge in [0.2, 0.25) is 4.77 Å². The Morgan fingerprint density at radius 3 is 2.95 bits per heavy atom. The van der Waals surface area contributed by atoms with Crippen molar-refractivity contribution in [2.45, 2.75) is 13.5 Å². The third-order valence-electron chi connectivity index (χ3n) is 2.89. The van der Waals surface area contributed by atoms with Crippen LogP contribution in [0.25, 0.3) is 11.2 Å². The summed E-state index contributed by atoms with van der Waals surface area (Å²) in [4.78, 5) is 15.7. The number of nitrogen functional groups attached to an aromatic ring is 1. The van der Waals surface area contributed by atoms with Crippen molar-refractivity contribution in [2.75, 3.05) is 5.73 Å². The molecule has 3 heterocycles. The number of hydrogen-bond donors (Lipinski definition) is 2. The smallest absolute Gasteiger partial charge is 0.209 e. The Bertz CT molecular complexity index is 863. The lowest BCUT2D eigenvalue weighted by Gasteiger charge is -2.04. The average molecular weight is 288 g/mol. The molecule has 3 rings (SSSR count). The minimum absolute atomic E-state index is 0.336. The average Bonchev–Trinajstić information content (AvgIpc) is 2.78. The molecule has 0 amide bonds. The first-order chi connectivity index (χ1) is 9.69. The normalized spacial score (nSPS) is 10.8. The van der Waals surface area contributed by atoms with E-state index in [1.807, 2.05) is 18.2 Å². The zero-order valence-electron chi connectivity index (χ0n) is 10.7. The van der Waals surface area contributed by atoms with E-state index < -0.39 is 0 Å². The van der Waals surface area contributed by atoms with Gasteiger partial charge >= 0.3 is 0 Å². The third kappa shape index (κ3) is 2.10. The Balaban J connectivity index is 2.26. The van der Waals surface area contributed by atoms with Gasteiger partial charge in [-0.3, -0.25) is 9.55 Å². The third-order valence-corrected chi connectivity index (χ3v) is 3.37. The number of aromatic amines is 1. The van der Waals surface area contributed by atoms with Crippen LogP contribution in [0, 0.1) is 11.7 Å². The molecule has 3 aromatic rings. The van der Waals surface area contributed by atoms with Crippen LogP contribution in [-0.4, -0.2) is 28.7 Å². The van der Waals surface area contributed by atoms with Crippen LogP contribution in [0.15, 0.2) is 24.4 Å². The molecule has 0 aromatic carbocycles. The summed E-state index contributed by atoms with van der Waals surface area (Å²) in [6.07, 6.45) is 1.71. The lowest BCUT2D eigenvalue weighted by Crippen LogP contribution is -2.05.